The number of benzene rings is 1. The first-order chi connectivity index (χ1) is 7.93. The number of carbonyl (C=O) groups excluding carboxylic acids is 1. The monoisotopic (exact) mass is 241 g/mol. The first-order valence-corrected chi connectivity index (χ1v) is 5.64. The van der Waals surface area contributed by atoms with E-state index in [2.05, 4.69) is 0 Å². The molecule has 0 bridgehead atoms. The summed E-state index contributed by atoms with van der Waals surface area (Å²) in [7, 11) is 0. The Morgan fingerprint density at radius 3 is 2.18 bits per heavy atom. The van der Waals surface area contributed by atoms with Crippen molar-refractivity contribution in [2.45, 2.75) is 20.3 Å². The molecule has 2 N–H and O–H groups in total. The van der Waals surface area contributed by atoms with E-state index in [0.29, 0.717) is 12.3 Å². The summed E-state index contributed by atoms with van der Waals surface area (Å²) in [6, 6.07) is 2.85. The number of nitrogens with two attached hydrogens (primary N) is 1. The molecule has 0 radical (unpaired) electrons. The quantitative estimate of drug-likeness (QED) is 0.805. The lowest BCUT2D eigenvalue weighted by Crippen LogP contribution is -2.25. The standard InChI is InChI=1S/C13H17F2NO/c1-8(2)3-10(7-16)13(17)9-4-11(14)6-12(15)5-9/h4-6,8,10H,3,7,16H2,1-2H3. The molecule has 0 fully saturated rings. The zero-order chi connectivity index (χ0) is 13.0. The highest BCUT2D eigenvalue weighted by molar-refractivity contribution is 5.98. The first kappa shape index (κ1) is 13.8. The van der Waals surface area contributed by atoms with Gasteiger partial charge in [-0.1, -0.05) is 13.8 Å². The largest absolute Gasteiger partial charge is 0.330 e. The Labute approximate surface area is 99.8 Å². The lowest BCUT2D eigenvalue weighted by atomic mass is 9.90. The van der Waals surface area contributed by atoms with Crippen LogP contribution in [0.15, 0.2) is 18.2 Å². The lowest BCUT2D eigenvalue weighted by Gasteiger charge is -2.15. The molecule has 0 aliphatic carbocycles. The number of halogens is 2. The van der Waals surface area contributed by atoms with Crippen LogP contribution >= 0.6 is 0 Å². The maximum Gasteiger partial charge on any atom is 0.167 e. The number of carbonyl (C=O) groups is 1. The van der Waals surface area contributed by atoms with E-state index >= 15 is 0 Å². The molecule has 0 aliphatic heterocycles. The molecule has 1 aromatic rings. The number of hydrogen-bond donors (Lipinski definition) is 1. The fourth-order valence-electron chi connectivity index (χ4n) is 1.81. The van der Waals surface area contributed by atoms with Crippen LogP contribution in [0.25, 0.3) is 0 Å². The van der Waals surface area contributed by atoms with Gasteiger partial charge in [0, 0.05) is 24.1 Å². The number of rotatable bonds is 5. The Morgan fingerprint density at radius 2 is 1.76 bits per heavy atom. The van der Waals surface area contributed by atoms with Crippen LogP contribution < -0.4 is 5.73 Å². The zero-order valence-corrected chi connectivity index (χ0v) is 10.0. The molecular weight excluding hydrogens is 224 g/mol. The summed E-state index contributed by atoms with van der Waals surface area (Å²) in [4.78, 5) is 12.0. The molecule has 0 amide bonds. The van der Waals surface area contributed by atoms with Crippen molar-refractivity contribution >= 4 is 5.78 Å². The molecule has 1 aromatic carbocycles. The maximum atomic E-state index is 13.0. The van der Waals surface area contributed by atoms with E-state index in [9.17, 15) is 13.6 Å². The van der Waals surface area contributed by atoms with Gasteiger partial charge in [0.2, 0.25) is 0 Å². The molecular formula is C13H17F2NO. The minimum Gasteiger partial charge on any atom is -0.330 e. The molecule has 4 heteroatoms. The van der Waals surface area contributed by atoms with E-state index in [1.54, 1.807) is 0 Å². The molecule has 2 nitrogen and oxygen atoms in total. The van der Waals surface area contributed by atoms with E-state index in [4.69, 9.17) is 5.73 Å². The molecule has 0 aliphatic rings. The normalized spacial score (nSPS) is 12.8. The van der Waals surface area contributed by atoms with Gasteiger partial charge in [0.1, 0.15) is 11.6 Å². The Morgan fingerprint density at radius 1 is 1.24 bits per heavy atom. The molecule has 1 rings (SSSR count). The van der Waals surface area contributed by atoms with Crippen LogP contribution in [0, 0.1) is 23.5 Å². The fraction of sp³-hybridized carbons (Fsp3) is 0.462. The highest BCUT2D eigenvalue weighted by Gasteiger charge is 2.20. The summed E-state index contributed by atoms with van der Waals surface area (Å²) in [5.41, 5.74) is 5.58. The minimum atomic E-state index is -0.742. The summed E-state index contributed by atoms with van der Waals surface area (Å²) < 4.78 is 26.0. The van der Waals surface area contributed by atoms with E-state index in [-0.39, 0.29) is 23.8 Å². The van der Waals surface area contributed by atoms with Crippen molar-refractivity contribution in [3.63, 3.8) is 0 Å². The van der Waals surface area contributed by atoms with Gasteiger partial charge in [0.15, 0.2) is 5.78 Å². The molecule has 94 valence electrons. The van der Waals surface area contributed by atoms with Gasteiger partial charge in [0.25, 0.3) is 0 Å². The molecule has 0 aromatic heterocycles. The van der Waals surface area contributed by atoms with Gasteiger partial charge in [-0.25, -0.2) is 8.78 Å². The molecule has 0 saturated carbocycles. The van der Waals surface area contributed by atoms with E-state index in [1.807, 2.05) is 13.8 Å². The van der Waals surface area contributed by atoms with Gasteiger partial charge in [-0.3, -0.25) is 4.79 Å². The van der Waals surface area contributed by atoms with Crippen LogP contribution in [0.5, 0.6) is 0 Å². The third-order valence-corrected chi connectivity index (χ3v) is 2.56. The van der Waals surface area contributed by atoms with E-state index in [1.165, 1.54) is 0 Å². The Kier molecular flexibility index (Phi) is 4.75. The van der Waals surface area contributed by atoms with Crippen LogP contribution in [0.1, 0.15) is 30.6 Å². The van der Waals surface area contributed by atoms with Gasteiger partial charge in [-0.05, 0) is 24.5 Å². The topological polar surface area (TPSA) is 43.1 Å². The molecule has 1 atom stereocenters. The van der Waals surface area contributed by atoms with Gasteiger partial charge in [-0.2, -0.15) is 0 Å². The molecule has 0 spiro atoms. The summed E-state index contributed by atoms with van der Waals surface area (Å²) >= 11 is 0. The SMILES string of the molecule is CC(C)CC(CN)C(=O)c1cc(F)cc(F)c1. The number of hydrogen-bond acceptors (Lipinski definition) is 2. The van der Waals surface area contributed by atoms with Crippen molar-refractivity contribution in [3.8, 4) is 0 Å². The van der Waals surface area contributed by atoms with E-state index < -0.39 is 11.6 Å². The predicted molar refractivity (Wildman–Crippen MR) is 62.7 cm³/mol. The predicted octanol–water partition coefficient (Wildman–Crippen LogP) is 2.77. The third-order valence-electron chi connectivity index (χ3n) is 2.56. The second-order valence-corrected chi connectivity index (χ2v) is 4.58. The van der Waals surface area contributed by atoms with Crippen LogP contribution in [0.3, 0.4) is 0 Å². The van der Waals surface area contributed by atoms with Gasteiger partial charge < -0.3 is 5.73 Å². The Bertz CT molecular complexity index is 384. The molecule has 0 saturated heterocycles. The van der Waals surface area contributed by atoms with Crippen molar-refractivity contribution in [2.75, 3.05) is 6.54 Å². The zero-order valence-electron chi connectivity index (χ0n) is 10.0. The van der Waals surface area contributed by atoms with Crippen molar-refractivity contribution in [2.24, 2.45) is 17.6 Å². The molecule has 1 unspecified atom stereocenters. The fourth-order valence-corrected chi connectivity index (χ4v) is 1.81. The smallest absolute Gasteiger partial charge is 0.167 e. The van der Waals surface area contributed by atoms with Crippen molar-refractivity contribution < 1.29 is 13.6 Å². The van der Waals surface area contributed by atoms with Crippen LogP contribution in [0.2, 0.25) is 0 Å². The first-order valence-electron chi connectivity index (χ1n) is 5.64. The van der Waals surface area contributed by atoms with Gasteiger partial charge >= 0.3 is 0 Å². The molecule has 0 heterocycles. The minimum absolute atomic E-state index is 0.0543. The average molecular weight is 241 g/mol. The molecule has 17 heavy (non-hydrogen) atoms. The lowest BCUT2D eigenvalue weighted by molar-refractivity contribution is 0.0908. The van der Waals surface area contributed by atoms with Crippen molar-refractivity contribution in [1.29, 1.82) is 0 Å². The maximum absolute atomic E-state index is 13.0. The van der Waals surface area contributed by atoms with Crippen molar-refractivity contribution in [1.82, 2.24) is 0 Å². The number of Topliss-reactive ketones (excluding diaryl/α,β-unsaturated/α-hetero) is 1. The van der Waals surface area contributed by atoms with Crippen LogP contribution in [-0.2, 0) is 0 Å². The highest BCUT2D eigenvalue weighted by atomic mass is 19.1. The Hall–Kier alpha value is -1.29. The second kappa shape index (κ2) is 5.87. The van der Waals surface area contributed by atoms with E-state index in [0.717, 1.165) is 18.2 Å². The Balaban J connectivity index is 2.93. The highest BCUT2D eigenvalue weighted by Crippen LogP contribution is 2.18. The van der Waals surface area contributed by atoms with Crippen molar-refractivity contribution in [3.05, 3.63) is 35.4 Å². The van der Waals surface area contributed by atoms with Crippen LogP contribution in [0.4, 0.5) is 8.78 Å². The summed E-state index contributed by atoms with van der Waals surface area (Å²) in [6.07, 6.45) is 0.619. The summed E-state index contributed by atoms with van der Waals surface area (Å²) in [6.45, 7) is 4.14. The van der Waals surface area contributed by atoms with Gasteiger partial charge in [0.05, 0.1) is 0 Å². The third kappa shape index (κ3) is 3.89. The second-order valence-electron chi connectivity index (χ2n) is 4.58. The summed E-state index contributed by atoms with van der Waals surface area (Å²) in [5.74, 6) is -1.84. The number of ketones is 1. The van der Waals surface area contributed by atoms with Crippen LogP contribution in [-0.4, -0.2) is 12.3 Å². The summed E-state index contributed by atoms with van der Waals surface area (Å²) in [5, 5.41) is 0. The van der Waals surface area contributed by atoms with Gasteiger partial charge in [-0.15, -0.1) is 0 Å². The average Bonchev–Trinajstić information content (AvgIpc) is 2.23.